The molecule has 2 aliphatic rings. The van der Waals surface area contributed by atoms with Crippen LogP contribution in [0.1, 0.15) is 58.7 Å². The Morgan fingerprint density at radius 1 is 1.06 bits per heavy atom. The highest BCUT2D eigenvalue weighted by atomic mass is 35.5. The molecule has 2 aromatic carbocycles. The average molecular weight is 897 g/mol. The van der Waals surface area contributed by atoms with Crippen molar-refractivity contribution in [1.82, 2.24) is 44.4 Å². The first-order valence-corrected chi connectivity index (χ1v) is 20.7. The van der Waals surface area contributed by atoms with Crippen LogP contribution in [0.2, 0.25) is 5.02 Å². The topological polar surface area (TPSA) is 164 Å². The molecule has 7 aromatic rings. The summed E-state index contributed by atoms with van der Waals surface area (Å²) in [4.78, 5) is 42.3. The standard InChI is InChI=1S/C40H31ClF6N10O4S/c1-55-33-27(7-6-25(41)31(33)37(53-55)54-62(2)60)57-38(51-36-22(39(57)59)5-8-29(50-36)61-17-18-4-3-9-48-15-18)26(12-19-10-20(42)13-21(43)11-19)49-28(58)16-56-34-30(32(52-56)35(44)45)23-14-24(23)40(34,46)47/h3-11,13,15,23-24,26,35H,12,14,16-17H2,1-2H3,(H,49,58)(H,53,54). The van der Waals surface area contributed by atoms with Gasteiger partial charge in [0.2, 0.25) is 11.8 Å². The number of aryl methyl sites for hydroxylation is 1. The van der Waals surface area contributed by atoms with Crippen molar-refractivity contribution in [2.75, 3.05) is 11.0 Å². The van der Waals surface area contributed by atoms with Crippen LogP contribution < -0.4 is 20.3 Å². The van der Waals surface area contributed by atoms with Crippen LogP contribution in [0.4, 0.5) is 32.2 Å². The molecule has 5 aromatic heterocycles. The van der Waals surface area contributed by atoms with Gasteiger partial charge in [-0.05, 0) is 54.3 Å². The minimum absolute atomic E-state index is 0.00177. The van der Waals surface area contributed by atoms with E-state index in [0.29, 0.717) is 16.3 Å². The number of fused-ring (bicyclic) bond motifs is 5. The summed E-state index contributed by atoms with van der Waals surface area (Å²) in [5.74, 6) is -8.69. The van der Waals surface area contributed by atoms with Gasteiger partial charge in [-0.15, -0.1) is 0 Å². The Bertz CT molecular complexity index is 3020. The number of hydrogen-bond acceptors (Lipinski definition) is 9. The lowest BCUT2D eigenvalue weighted by Gasteiger charge is -2.24. The molecule has 0 saturated heterocycles. The molecule has 320 valence electrons. The Labute approximate surface area is 353 Å². The number of nitrogens with zero attached hydrogens (tertiary/aromatic N) is 8. The van der Waals surface area contributed by atoms with E-state index in [-0.39, 0.29) is 74.3 Å². The summed E-state index contributed by atoms with van der Waals surface area (Å²) in [6, 6.07) is 10.3. The smallest absolute Gasteiger partial charge is 0.293 e. The molecular formula is C40H31ClF6N10O4S. The molecule has 0 bridgehead atoms. The number of anilines is 1. The van der Waals surface area contributed by atoms with Gasteiger partial charge in [0.15, 0.2) is 11.5 Å². The Morgan fingerprint density at radius 2 is 1.84 bits per heavy atom. The molecule has 4 unspecified atom stereocenters. The number of pyridine rings is 2. The third-order valence-electron chi connectivity index (χ3n) is 10.7. The third-order valence-corrected chi connectivity index (χ3v) is 11.5. The van der Waals surface area contributed by atoms with Crippen LogP contribution in [-0.4, -0.2) is 55.5 Å². The van der Waals surface area contributed by atoms with E-state index in [4.69, 9.17) is 21.3 Å². The summed E-state index contributed by atoms with van der Waals surface area (Å²) < 4.78 is 113. The van der Waals surface area contributed by atoms with E-state index in [2.05, 4.69) is 30.2 Å². The second-order valence-electron chi connectivity index (χ2n) is 14.9. The van der Waals surface area contributed by atoms with Gasteiger partial charge >= 0.3 is 0 Å². The van der Waals surface area contributed by atoms with E-state index in [1.807, 2.05) is 0 Å². The zero-order valence-electron chi connectivity index (χ0n) is 32.3. The predicted octanol–water partition coefficient (Wildman–Crippen LogP) is 6.72. The molecule has 5 heterocycles. The summed E-state index contributed by atoms with van der Waals surface area (Å²) in [7, 11) is -0.0885. The van der Waals surface area contributed by atoms with Crippen molar-refractivity contribution in [3.05, 3.63) is 128 Å². The quantitative estimate of drug-likeness (QED) is 0.120. The van der Waals surface area contributed by atoms with Crippen molar-refractivity contribution in [2.24, 2.45) is 13.0 Å². The SMILES string of the molecule is Cn1nc(NS(C)=O)c2c(Cl)ccc(-n3c(C(Cc4cc(F)cc(F)c4)NC(=O)Cn4nc(C(F)F)c5c4C(F)(F)C4CC54)nc4nc(OCc5cccnc5)ccc4c3=O)c21. The van der Waals surface area contributed by atoms with Gasteiger partial charge in [0.25, 0.3) is 17.9 Å². The summed E-state index contributed by atoms with van der Waals surface area (Å²) in [6.07, 6.45) is 0.883. The van der Waals surface area contributed by atoms with Gasteiger partial charge in [0.05, 0.1) is 33.0 Å². The number of nitrogens with one attached hydrogen (secondary N) is 2. The predicted molar refractivity (Wildman–Crippen MR) is 214 cm³/mol. The number of benzene rings is 2. The van der Waals surface area contributed by atoms with E-state index >= 15 is 8.78 Å². The molecule has 1 amide bonds. The number of carbonyl (C=O) groups is 1. The lowest BCUT2D eigenvalue weighted by molar-refractivity contribution is -0.123. The first-order valence-electron chi connectivity index (χ1n) is 18.8. The number of rotatable bonds is 13. The fourth-order valence-electron chi connectivity index (χ4n) is 8.13. The van der Waals surface area contributed by atoms with Crippen molar-refractivity contribution in [3.63, 3.8) is 0 Å². The molecule has 1 saturated carbocycles. The van der Waals surface area contributed by atoms with E-state index in [1.165, 1.54) is 42.3 Å². The molecular weight excluding hydrogens is 866 g/mol. The van der Waals surface area contributed by atoms with Crippen LogP contribution in [0, 0.1) is 17.6 Å². The highest BCUT2D eigenvalue weighted by Gasteiger charge is 2.67. The number of amides is 1. The Hall–Kier alpha value is -6.35. The minimum Gasteiger partial charge on any atom is -0.473 e. The summed E-state index contributed by atoms with van der Waals surface area (Å²) in [5, 5.41) is 11.2. The zero-order valence-corrected chi connectivity index (χ0v) is 33.8. The van der Waals surface area contributed by atoms with Crippen LogP contribution >= 0.6 is 11.6 Å². The van der Waals surface area contributed by atoms with Crippen molar-refractivity contribution in [3.8, 4) is 11.6 Å². The van der Waals surface area contributed by atoms with Crippen LogP contribution in [0.25, 0.3) is 27.6 Å². The van der Waals surface area contributed by atoms with Crippen molar-refractivity contribution >= 4 is 56.2 Å². The highest BCUT2D eigenvalue weighted by Crippen LogP contribution is 2.68. The van der Waals surface area contributed by atoms with Crippen molar-refractivity contribution in [1.29, 1.82) is 0 Å². The lowest BCUT2D eigenvalue weighted by Crippen LogP contribution is -2.38. The molecule has 4 atom stereocenters. The third kappa shape index (κ3) is 7.31. The fourth-order valence-corrected chi connectivity index (χ4v) is 8.78. The maximum atomic E-state index is 15.5. The monoisotopic (exact) mass is 896 g/mol. The number of ether oxygens (including phenoxy) is 1. The van der Waals surface area contributed by atoms with Gasteiger partial charge in [-0.1, -0.05) is 17.7 Å². The van der Waals surface area contributed by atoms with Gasteiger partial charge < -0.3 is 10.1 Å². The fraction of sp³-hybridized carbons (Fsp3) is 0.275. The second kappa shape index (κ2) is 15.5. The maximum absolute atomic E-state index is 15.5. The van der Waals surface area contributed by atoms with E-state index in [9.17, 15) is 31.4 Å². The Morgan fingerprint density at radius 3 is 2.55 bits per heavy atom. The van der Waals surface area contributed by atoms with Gasteiger partial charge in [-0.25, -0.2) is 26.8 Å². The molecule has 0 spiro atoms. The number of aromatic nitrogens is 8. The zero-order chi connectivity index (χ0) is 43.8. The lowest BCUT2D eigenvalue weighted by atomic mass is 10.0. The van der Waals surface area contributed by atoms with Gasteiger partial charge in [-0.3, -0.25) is 33.2 Å². The molecule has 2 aliphatic carbocycles. The largest absolute Gasteiger partial charge is 0.473 e. The van der Waals surface area contributed by atoms with Crippen LogP contribution in [-0.2, 0) is 48.3 Å². The Kier molecular flexibility index (Phi) is 10.3. The molecule has 22 heteroatoms. The summed E-state index contributed by atoms with van der Waals surface area (Å²) >= 11 is 6.66. The molecule has 9 rings (SSSR count). The molecule has 0 aliphatic heterocycles. The highest BCUT2D eigenvalue weighted by molar-refractivity contribution is 7.85. The maximum Gasteiger partial charge on any atom is 0.293 e. The molecule has 0 radical (unpaired) electrons. The number of alkyl halides is 4. The first-order chi connectivity index (χ1) is 29.6. The molecule has 1 fully saturated rings. The van der Waals surface area contributed by atoms with Gasteiger partial charge in [-0.2, -0.15) is 24.0 Å². The summed E-state index contributed by atoms with van der Waals surface area (Å²) in [5.41, 5.74) is -1.88. The minimum atomic E-state index is -3.54. The van der Waals surface area contributed by atoms with Crippen molar-refractivity contribution in [2.45, 2.75) is 50.3 Å². The molecule has 14 nitrogen and oxygen atoms in total. The molecule has 2 N–H and O–H groups in total. The number of halogens is 7. The summed E-state index contributed by atoms with van der Waals surface area (Å²) in [6.45, 7) is -0.941. The average Bonchev–Trinajstić information content (AvgIpc) is 3.75. The van der Waals surface area contributed by atoms with Crippen LogP contribution in [0.15, 0.2) is 71.8 Å². The number of hydrogen-bond donors (Lipinski definition) is 2. The van der Waals surface area contributed by atoms with E-state index in [1.54, 1.807) is 24.5 Å². The normalized spacial score (nSPS) is 17.3. The van der Waals surface area contributed by atoms with E-state index in [0.717, 1.165) is 16.7 Å². The number of carbonyl (C=O) groups excluding carboxylic acids is 1. The first kappa shape index (κ1) is 41.0. The molecule has 62 heavy (non-hydrogen) atoms. The van der Waals surface area contributed by atoms with Crippen molar-refractivity contribution < 1.29 is 40.1 Å². The van der Waals surface area contributed by atoms with Crippen LogP contribution in [0.3, 0.4) is 0 Å². The van der Waals surface area contributed by atoms with Gasteiger partial charge in [0, 0.05) is 61.3 Å². The van der Waals surface area contributed by atoms with E-state index < -0.39 is 88.7 Å². The van der Waals surface area contributed by atoms with Gasteiger partial charge in [0.1, 0.15) is 53.0 Å². The second-order valence-corrected chi connectivity index (χ2v) is 16.4. The van der Waals surface area contributed by atoms with Crippen LogP contribution in [0.5, 0.6) is 5.88 Å². The Balaban J connectivity index is 1.22.